The quantitative estimate of drug-likeness (QED) is 0.799. The fourth-order valence-electron chi connectivity index (χ4n) is 1.77. The largest absolute Gasteiger partial charge is 0.444 e. The van der Waals surface area contributed by atoms with E-state index < -0.39 is 23.5 Å². The van der Waals surface area contributed by atoms with Gasteiger partial charge in [-0.2, -0.15) is 0 Å². The Morgan fingerprint density at radius 2 is 2.12 bits per heavy atom. The van der Waals surface area contributed by atoms with Crippen molar-refractivity contribution in [3.05, 3.63) is 0 Å². The van der Waals surface area contributed by atoms with E-state index in [4.69, 9.17) is 4.74 Å². The van der Waals surface area contributed by atoms with Gasteiger partial charge in [0, 0.05) is 18.9 Å². The summed E-state index contributed by atoms with van der Waals surface area (Å²) in [5.41, 5.74) is -0.595. The average molecular weight is 235 g/mol. The Morgan fingerprint density at radius 1 is 1.50 bits per heavy atom. The third kappa shape index (κ3) is 3.94. The van der Waals surface area contributed by atoms with E-state index >= 15 is 0 Å². The third-order valence-electron chi connectivity index (χ3n) is 2.55. The van der Waals surface area contributed by atoms with Crippen molar-refractivity contribution in [3.63, 3.8) is 0 Å². The van der Waals surface area contributed by atoms with Crippen molar-refractivity contribution in [2.75, 3.05) is 6.54 Å². The van der Waals surface area contributed by atoms with Crippen LogP contribution in [0.4, 0.5) is 13.6 Å². The molecular formula is C11H19F2NO2. The first-order valence-electron chi connectivity index (χ1n) is 5.55. The molecule has 0 saturated heterocycles. The molecule has 1 aliphatic carbocycles. The molecule has 16 heavy (non-hydrogen) atoms. The molecule has 1 amide bonds. The van der Waals surface area contributed by atoms with Gasteiger partial charge in [0.05, 0.1) is 0 Å². The minimum Gasteiger partial charge on any atom is -0.444 e. The Hall–Kier alpha value is -0.870. The number of ether oxygens (including phenoxy) is 1. The smallest absolute Gasteiger partial charge is 0.407 e. The lowest BCUT2D eigenvalue weighted by molar-refractivity contribution is -0.0363. The van der Waals surface area contributed by atoms with Gasteiger partial charge in [0.1, 0.15) is 5.60 Å². The highest BCUT2D eigenvalue weighted by atomic mass is 19.3. The van der Waals surface area contributed by atoms with E-state index in [0.29, 0.717) is 12.8 Å². The van der Waals surface area contributed by atoms with Gasteiger partial charge in [0.25, 0.3) is 5.92 Å². The first-order valence-corrected chi connectivity index (χ1v) is 5.55. The number of carbonyl (C=O) groups is 1. The molecule has 1 saturated carbocycles. The Balaban J connectivity index is 2.32. The van der Waals surface area contributed by atoms with E-state index in [2.05, 4.69) is 5.32 Å². The van der Waals surface area contributed by atoms with Crippen LogP contribution in [0.3, 0.4) is 0 Å². The molecule has 1 rings (SSSR count). The standard InChI is InChI=1S/C11H19F2NO2/c1-10(2,3)16-9(15)14-7-8-5-4-6-11(8,12)13/h8H,4-7H2,1-3H3,(H,14,15). The van der Waals surface area contributed by atoms with Crippen LogP contribution in [0, 0.1) is 5.92 Å². The Bertz CT molecular complexity index is 261. The third-order valence-corrected chi connectivity index (χ3v) is 2.55. The Morgan fingerprint density at radius 3 is 2.56 bits per heavy atom. The molecule has 0 spiro atoms. The summed E-state index contributed by atoms with van der Waals surface area (Å²) in [6.45, 7) is 5.19. The highest BCUT2D eigenvalue weighted by Gasteiger charge is 2.43. The summed E-state index contributed by atoms with van der Waals surface area (Å²) in [6, 6.07) is 0. The van der Waals surface area contributed by atoms with Gasteiger partial charge in [-0.15, -0.1) is 0 Å². The van der Waals surface area contributed by atoms with Crippen LogP contribution in [0.2, 0.25) is 0 Å². The van der Waals surface area contributed by atoms with Crippen molar-refractivity contribution in [1.82, 2.24) is 5.32 Å². The van der Waals surface area contributed by atoms with Gasteiger partial charge in [-0.25, -0.2) is 13.6 Å². The number of rotatable bonds is 2. The molecule has 5 heteroatoms. The summed E-state index contributed by atoms with van der Waals surface area (Å²) < 4.78 is 31.4. The van der Waals surface area contributed by atoms with Crippen LogP contribution < -0.4 is 5.32 Å². The summed E-state index contributed by atoms with van der Waals surface area (Å²) in [5.74, 6) is -3.39. The number of carbonyl (C=O) groups excluding carboxylic acids is 1. The van der Waals surface area contributed by atoms with Crippen molar-refractivity contribution >= 4 is 6.09 Å². The average Bonchev–Trinajstić information content (AvgIpc) is 2.38. The second-order valence-corrected chi connectivity index (χ2v) is 5.23. The molecule has 3 nitrogen and oxygen atoms in total. The zero-order chi connectivity index (χ0) is 12.4. The molecule has 94 valence electrons. The lowest BCUT2D eigenvalue weighted by Crippen LogP contribution is -2.38. The molecule has 0 aliphatic heterocycles. The molecule has 1 N–H and O–H groups in total. The summed E-state index contributed by atoms with van der Waals surface area (Å²) in [6.07, 6.45) is 0.277. The van der Waals surface area contributed by atoms with E-state index in [-0.39, 0.29) is 13.0 Å². The van der Waals surface area contributed by atoms with E-state index in [9.17, 15) is 13.6 Å². The molecule has 0 radical (unpaired) electrons. The van der Waals surface area contributed by atoms with Crippen LogP contribution in [0.15, 0.2) is 0 Å². The number of nitrogens with one attached hydrogen (secondary N) is 1. The molecule has 0 aromatic rings. The maximum atomic E-state index is 13.2. The van der Waals surface area contributed by atoms with Gasteiger partial charge < -0.3 is 10.1 Å². The molecule has 0 heterocycles. The van der Waals surface area contributed by atoms with Crippen LogP contribution in [-0.4, -0.2) is 24.2 Å². The van der Waals surface area contributed by atoms with Crippen LogP contribution in [0.1, 0.15) is 40.0 Å². The SMILES string of the molecule is CC(C)(C)OC(=O)NCC1CCCC1(F)F. The zero-order valence-corrected chi connectivity index (χ0v) is 9.98. The molecule has 1 atom stereocenters. The monoisotopic (exact) mass is 235 g/mol. The predicted octanol–water partition coefficient (Wildman–Crippen LogP) is 2.95. The minimum atomic E-state index is -2.64. The van der Waals surface area contributed by atoms with E-state index in [1.165, 1.54) is 0 Å². The van der Waals surface area contributed by atoms with Crippen LogP contribution in [-0.2, 0) is 4.74 Å². The van der Waals surface area contributed by atoms with Crippen molar-refractivity contribution in [3.8, 4) is 0 Å². The van der Waals surface area contributed by atoms with Crippen LogP contribution >= 0.6 is 0 Å². The van der Waals surface area contributed by atoms with Crippen LogP contribution in [0.5, 0.6) is 0 Å². The van der Waals surface area contributed by atoms with E-state index in [1.807, 2.05) is 0 Å². The van der Waals surface area contributed by atoms with Crippen molar-refractivity contribution in [1.29, 1.82) is 0 Å². The number of hydrogen-bond acceptors (Lipinski definition) is 2. The van der Waals surface area contributed by atoms with E-state index in [1.54, 1.807) is 20.8 Å². The van der Waals surface area contributed by atoms with Crippen molar-refractivity contribution in [2.24, 2.45) is 5.92 Å². The van der Waals surface area contributed by atoms with Gasteiger partial charge in [-0.1, -0.05) is 0 Å². The zero-order valence-electron chi connectivity index (χ0n) is 9.98. The van der Waals surface area contributed by atoms with Crippen molar-refractivity contribution in [2.45, 2.75) is 51.6 Å². The lowest BCUT2D eigenvalue weighted by atomic mass is 10.1. The van der Waals surface area contributed by atoms with Crippen molar-refractivity contribution < 1.29 is 18.3 Å². The number of alkyl carbamates (subject to hydrolysis) is 1. The van der Waals surface area contributed by atoms with Crippen LogP contribution in [0.25, 0.3) is 0 Å². The predicted molar refractivity (Wildman–Crippen MR) is 56.5 cm³/mol. The second kappa shape index (κ2) is 4.55. The molecular weight excluding hydrogens is 216 g/mol. The van der Waals surface area contributed by atoms with Gasteiger partial charge in [-0.05, 0) is 33.6 Å². The lowest BCUT2D eigenvalue weighted by Gasteiger charge is -2.22. The number of hydrogen-bond donors (Lipinski definition) is 1. The highest BCUT2D eigenvalue weighted by molar-refractivity contribution is 5.67. The normalized spacial score (nSPS) is 24.2. The highest BCUT2D eigenvalue weighted by Crippen LogP contribution is 2.39. The molecule has 0 aromatic carbocycles. The molecule has 0 bridgehead atoms. The molecule has 1 fully saturated rings. The van der Waals surface area contributed by atoms with Gasteiger partial charge >= 0.3 is 6.09 Å². The first-order chi connectivity index (χ1) is 7.21. The van der Waals surface area contributed by atoms with Gasteiger partial charge in [0.15, 0.2) is 0 Å². The van der Waals surface area contributed by atoms with Gasteiger partial charge in [-0.3, -0.25) is 0 Å². The fourth-order valence-corrected chi connectivity index (χ4v) is 1.77. The summed E-state index contributed by atoms with van der Waals surface area (Å²) in [4.78, 5) is 11.2. The fraction of sp³-hybridized carbons (Fsp3) is 0.909. The number of halogens is 2. The number of alkyl halides is 2. The number of amides is 1. The molecule has 1 aliphatic rings. The van der Waals surface area contributed by atoms with E-state index in [0.717, 1.165) is 0 Å². The maximum Gasteiger partial charge on any atom is 0.407 e. The minimum absolute atomic E-state index is 0.0120. The summed E-state index contributed by atoms with van der Waals surface area (Å²) >= 11 is 0. The Kier molecular flexibility index (Phi) is 3.76. The Labute approximate surface area is 94.5 Å². The topological polar surface area (TPSA) is 38.3 Å². The molecule has 1 unspecified atom stereocenters. The first kappa shape index (κ1) is 13.2. The second-order valence-electron chi connectivity index (χ2n) is 5.23. The van der Waals surface area contributed by atoms with Gasteiger partial charge in [0.2, 0.25) is 0 Å². The maximum absolute atomic E-state index is 13.2. The molecule has 0 aromatic heterocycles. The summed E-state index contributed by atoms with van der Waals surface area (Å²) in [7, 11) is 0. The summed E-state index contributed by atoms with van der Waals surface area (Å²) in [5, 5.41) is 2.40.